The number of hydrogen-bond acceptors (Lipinski definition) is 8. The predicted octanol–water partition coefficient (Wildman–Crippen LogP) is 0.129. The first-order valence-corrected chi connectivity index (χ1v) is 9.61. The van der Waals surface area contributed by atoms with Crippen molar-refractivity contribution in [2.45, 2.75) is 32.4 Å². The van der Waals surface area contributed by atoms with Crippen LogP contribution < -0.4 is 10.6 Å². The number of benzene rings is 1. The summed E-state index contributed by atoms with van der Waals surface area (Å²) >= 11 is 0. The summed E-state index contributed by atoms with van der Waals surface area (Å²) in [5, 5.41) is 4.85. The quantitative estimate of drug-likeness (QED) is 0.289. The molecule has 2 N–H and O–H groups in total. The van der Waals surface area contributed by atoms with Crippen molar-refractivity contribution in [3.05, 3.63) is 35.6 Å². The molecule has 0 radical (unpaired) electrons. The smallest absolute Gasteiger partial charge is 0.328 e. The summed E-state index contributed by atoms with van der Waals surface area (Å²) in [4.78, 5) is 61.2. The van der Waals surface area contributed by atoms with Crippen LogP contribution in [0.2, 0.25) is 0 Å². The molecule has 0 heterocycles. The monoisotopic (exact) mass is 454 g/mol. The molecule has 1 aromatic rings. The second kappa shape index (κ2) is 12.4. The number of methoxy groups -OCH3 is 3. The van der Waals surface area contributed by atoms with E-state index in [4.69, 9.17) is 4.74 Å². The summed E-state index contributed by atoms with van der Waals surface area (Å²) in [7, 11) is 3.18. The largest absolute Gasteiger partial charge is 0.468 e. The van der Waals surface area contributed by atoms with Crippen molar-refractivity contribution < 1.29 is 42.6 Å². The molecular weight excluding hydrogens is 427 g/mol. The zero-order valence-electron chi connectivity index (χ0n) is 18.5. The van der Waals surface area contributed by atoms with Gasteiger partial charge < -0.3 is 24.8 Å². The lowest BCUT2D eigenvalue weighted by Crippen LogP contribution is -2.56. The first-order chi connectivity index (χ1) is 15.0. The van der Waals surface area contributed by atoms with E-state index in [0.717, 1.165) is 21.3 Å². The van der Waals surface area contributed by atoms with E-state index in [-0.39, 0.29) is 6.42 Å². The lowest BCUT2D eigenvalue weighted by Gasteiger charge is -2.28. The Balaban J connectivity index is 3.21. The number of esters is 3. The molecule has 11 heteroatoms. The third kappa shape index (κ3) is 7.33. The molecule has 0 aliphatic rings. The highest BCUT2D eigenvalue weighted by molar-refractivity contribution is 5.97. The summed E-state index contributed by atoms with van der Waals surface area (Å²) in [5.74, 6) is -7.39. The fraction of sp³-hybridized carbons (Fsp3) is 0.476. The van der Waals surface area contributed by atoms with E-state index < -0.39 is 59.5 Å². The Kier molecular flexibility index (Phi) is 10.3. The van der Waals surface area contributed by atoms with Crippen LogP contribution >= 0.6 is 0 Å². The summed E-state index contributed by atoms with van der Waals surface area (Å²) in [6, 6.07) is 2.81. The van der Waals surface area contributed by atoms with Gasteiger partial charge in [0.1, 0.15) is 17.9 Å². The number of ether oxygens (including phenoxy) is 3. The summed E-state index contributed by atoms with van der Waals surface area (Å²) < 4.78 is 27.5. The average molecular weight is 454 g/mol. The van der Waals surface area contributed by atoms with Gasteiger partial charge >= 0.3 is 17.9 Å². The van der Waals surface area contributed by atoms with Crippen LogP contribution in [-0.2, 0) is 44.6 Å². The summed E-state index contributed by atoms with van der Waals surface area (Å²) in [5.41, 5.74) is 0.420. The van der Waals surface area contributed by atoms with Crippen molar-refractivity contribution in [3.63, 3.8) is 0 Å². The Morgan fingerprint density at radius 1 is 0.938 bits per heavy atom. The number of carbonyl (C=O) groups is 5. The Hall–Kier alpha value is -3.50. The van der Waals surface area contributed by atoms with Gasteiger partial charge in [0.25, 0.3) is 0 Å². The minimum absolute atomic E-state index is 0.0805. The minimum atomic E-state index is -1.53. The molecule has 0 bridgehead atoms. The Bertz CT molecular complexity index is 844. The van der Waals surface area contributed by atoms with Gasteiger partial charge in [-0.2, -0.15) is 0 Å². The van der Waals surface area contributed by atoms with E-state index in [2.05, 4.69) is 20.1 Å². The van der Waals surface area contributed by atoms with Gasteiger partial charge in [0.05, 0.1) is 21.3 Å². The highest BCUT2D eigenvalue weighted by Gasteiger charge is 2.43. The topological polar surface area (TPSA) is 137 Å². The van der Waals surface area contributed by atoms with Gasteiger partial charge in [-0.3, -0.25) is 19.2 Å². The Morgan fingerprint density at radius 2 is 1.50 bits per heavy atom. The highest BCUT2D eigenvalue weighted by atomic mass is 19.1. The molecule has 0 saturated carbocycles. The molecule has 3 atom stereocenters. The van der Waals surface area contributed by atoms with Crippen LogP contribution in [0.3, 0.4) is 0 Å². The van der Waals surface area contributed by atoms with E-state index in [1.807, 2.05) is 0 Å². The number of carbonyl (C=O) groups excluding carboxylic acids is 5. The van der Waals surface area contributed by atoms with Gasteiger partial charge in [-0.1, -0.05) is 19.1 Å². The second-order valence-corrected chi connectivity index (χ2v) is 6.98. The minimum Gasteiger partial charge on any atom is -0.468 e. The molecule has 32 heavy (non-hydrogen) atoms. The summed E-state index contributed by atoms with van der Waals surface area (Å²) in [6.45, 7) is 2.55. The number of halogens is 1. The van der Waals surface area contributed by atoms with Gasteiger partial charge in [-0.05, 0) is 17.7 Å². The second-order valence-electron chi connectivity index (χ2n) is 6.98. The molecule has 0 fully saturated rings. The van der Waals surface area contributed by atoms with E-state index >= 15 is 0 Å². The van der Waals surface area contributed by atoms with Crippen molar-refractivity contribution in [1.82, 2.24) is 10.6 Å². The van der Waals surface area contributed by atoms with Crippen LogP contribution in [-0.4, -0.2) is 63.1 Å². The number of amides is 2. The van der Waals surface area contributed by atoms with E-state index in [1.165, 1.54) is 32.0 Å². The molecule has 0 aromatic heterocycles. The zero-order chi connectivity index (χ0) is 24.4. The van der Waals surface area contributed by atoms with Crippen LogP contribution in [0.5, 0.6) is 0 Å². The van der Waals surface area contributed by atoms with Gasteiger partial charge in [0.15, 0.2) is 5.92 Å². The van der Waals surface area contributed by atoms with Gasteiger partial charge in [-0.15, -0.1) is 0 Å². The van der Waals surface area contributed by atoms with Crippen molar-refractivity contribution in [2.75, 3.05) is 21.3 Å². The molecule has 2 amide bonds. The number of hydrogen-bond donors (Lipinski definition) is 2. The third-order valence-electron chi connectivity index (χ3n) is 4.74. The lowest BCUT2D eigenvalue weighted by molar-refractivity contribution is -0.163. The van der Waals surface area contributed by atoms with Crippen LogP contribution in [0.4, 0.5) is 4.39 Å². The average Bonchev–Trinajstić information content (AvgIpc) is 2.75. The van der Waals surface area contributed by atoms with E-state index in [0.29, 0.717) is 5.56 Å². The fourth-order valence-electron chi connectivity index (χ4n) is 3.11. The van der Waals surface area contributed by atoms with Crippen molar-refractivity contribution in [2.24, 2.45) is 11.8 Å². The zero-order valence-corrected chi connectivity index (χ0v) is 18.5. The van der Waals surface area contributed by atoms with Crippen molar-refractivity contribution >= 4 is 29.7 Å². The SMILES string of the molecule is COC(=O)C(C(=O)OC)[C@H](C)[C@H](NC(=O)[C@@H](Cc1cccc(F)c1)NC(C)=O)C(=O)OC. The molecular formula is C21H27FN2O8. The van der Waals surface area contributed by atoms with E-state index in [1.54, 1.807) is 6.07 Å². The first kappa shape index (κ1) is 26.5. The first-order valence-electron chi connectivity index (χ1n) is 9.61. The van der Waals surface area contributed by atoms with Gasteiger partial charge in [0, 0.05) is 19.3 Å². The molecule has 10 nitrogen and oxygen atoms in total. The lowest BCUT2D eigenvalue weighted by atomic mass is 9.87. The molecule has 0 saturated heterocycles. The van der Waals surface area contributed by atoms with Gasteiger partial charge in [-0.25, -0.2) is 9.18 Å². The number of nitrogens with one attached hydrogen (secondary N) is 2. The van der Waals surface area contributed by atoms with Crippen molar-refractivity contribution in [3.8, 4) is 0 Å². The van der Waals surface area contributed by atoms with Crippen molar-refractivity contribution in [1.29, 1.82) is 0 Å². The standard InChI is InChI=1S/C21H27FN2O8/c1-11(16(19(27)30-3)20(28)31-4)17(21(29)32-5)24-18(26)15(23-12(2)25)10-13-7-6-8-14(22)9-13/h6-9,11,15-17H,10H2,1-5H3,(H,23,25)(H,24,26)/t11-,15+,17-/m0/s1. The molecule has 1 rings (SSSR count). The van der Waals surface area contributed by atoms with Crippen LogP contribution in [0, 0.1) is 17.7 Å². The normalized spacial score (nSPS) is 13.3. The van der Waals surface area contributed by atoms with Gasteiger partial charge in [0.2, 0.25) is 11.8 Å². The fourth-order valence-corrected chi connectivity index (χ4v) is 3.11. The summed E-state index contributed by atoms with van der Waals surface area (Å²) in [6.07, 6.45) is -0.0805. The predicted molar refractivity (Wildman–Crippen MR) is 108 cm³/mol. The Morgan fingerprint density at radius 3 is 1.97 bits per heavy atom. The van der Waals surface area contributed by atoms with Crippen LogP contribution in [0.25, 0.3) is 0 Å². The maximum absolute atomic E-state index is 13.5. The molecule has 0 spiro atoms. The third-order valence-corrected chi connectivity index (χ3v) is 4.74. The molecule has 0 aliphatic heterocycles. The Labute approximate surface area is 184 Å². The maximum atomic E-state index is 13.5. The van der Waals surface area contributed by atoms with Crippen LogP contribution in [0.15, 0.2) is 24.3 Å². The van der Waals surface area contributed by atoms with Crippen LogP contribution in [0.1, 0.15) is 19.4 Å². The molecule has 0 aliphatic carbocycles. The number of rotatable bonds is 10. The highest BCUT2D eigenvalue weighted by Crippen LogP contribution is 2.21. The molecule has 176 valence electrons. The maximum Gasteiger partial charge on any atom is 0.328 e. The molecule has 0 unspecified atom stereocenters. The van der Waals surface area contributed by atoms with E-state index in [9.17, 15) is 28.4 Å². The molecule has 1 aromatic carbocycles.